The summed E-state index contributed by atoms with van der Waals surface area (Å²) < 4.78 is 66.6. The van der Waals surface area contributed by atoms with Gasteiger partial charge >= 0.3 is 6.18 Å². The molecule has 1 amide bonds. The van der Waals surface area contributed by atoms with Crippen molar-refractivity contribution in [3.8, 4) is 0 Å². The van der Waals surface area contributed by atoms with Gasteiger partial charge in [0.1, 0.15) is 10.8 Å². The summed E-state index contributed by atoms with van der Waals surface area (Å²) in [4.78, 5) is 16.4. The molecule has 1 saturated carbocycles. The Balaban J connectivity index is 1.49. The summed E-state index contributed by atoms with van der Waals surface area (Å²) in [6.07, 6.45) is -3.41. The zero-order chi connectivity index (χ0) is 25.3. The molecule has 2 N–H and O–H groups in total. The van der Waals surface area contributed by atoms with E-state index in [1.165, 1.54) is 24.4 Å². The number of fused-ring (bicyclic) bond motifs is 1. The minimum atomic E-state index is -4.62. The fraction of sp³-hybridized carbons (Fsp3) is 0.391. The molecule has 1 fully saturated rings. The number of nitrogens with zero attached hydrogens (tertiary/aromatic N) is 2. The predicted molar refractivity (Wildman–Crippen MR) is 124 cm³/mol. The van der Waals surface area contributed by atoms with Crippen LogP contribution in [0, 0.1) is 0 Å². The highest BCUT2D eigenvalue weighted by Crippen LogP contribution is 2.35. The largest absolute Gasteiger partial charge is 0.433 e. The smallest absolute Gasteiger partial charge is 0.382 e. The number of halogens is 7. The first-order chi connectivity index (χ1) is 16.5. The van der Waals surface area contributed by atoms with Crippen molar-refractivity contribution in [2.24, 2.45) is 0 Å². The average Bonchev–Trinajstić information content (AvgIpc) is 3.13. The molecule has 35 heavy (non-hydrogen) atoms. The van der Waals surface area contributed by atoms with Crippen LogP contribution in [-0.2, 0) is 12.7 Å². The van der Waals surface area contributed by atoms with Crippen LogP contribution in [0.5, 0.6) is 0 Å². The molecule has 2 aromatic heterocycles. The number of nitrogens with one attached hydrogen (secondary N) is 2. The quantitative estimate of drug-likeness (QED) is 0.342. The second-order valence-electron chi connectivity index (χ2n) is 8.49. The summed E-state index contributed by atoms with van der Waals surface area (Å²) in [7, 11) is 0. The van der Waals surface area contributed by atoms with Gasteiger partial charge < -0.3 is 15.2 Å². The highest BCUT2D eigenvalue weighted by molar-refractivity contribution is 6.31. The molecule has 12 heteroatoms. The molecule has 0 unspecified atom stereocenters. The summed E-state index contributed by atoms with van der Waals surface area (Å²) >= 11 is 12.0. The van der Waals surface area contributed by atoms with E-state index in [1.807, 2.05) is 0 Å². The number of rotatable bonds is 6. The number of benzene rings is 1. The van der Waals surface area contributed by atoms with Gasteiger partial charge in [-0.3, -0.25) is 4.79 Å². The molecular weight excluding hydrogens is 514 g/mol. The molecule has 0 radical (unpaired) electrons. The number of hydrogen-bond acceptors (Lipinski definition) is 3. The highest BCUT2D eigenvalue weighted by atomic mass is 35.5. The van der Waals surface area contributed by atoms with Crippen molar-refractivity contribution in [3.63, 3.8) is 0 Å². The van der Waals surface area contributed by atoms with Crippen LogP contribution in [0.15, 0.2) is 36.5 Å². The number of amides is 1. The van der Waals surface area contributed by atoms with Gasteiger partial charge in [0, 0.05) is 34.4 Å². The van der Waals surface area contributed by atoms with Crippen molar-refractivity contribution in [1.82, 2.24) is 14.9 Å². The molecule has 2 heterocycles. The van der Waals surface area contributed by atoms with E-state index in [0.29, 0.717) is 29.7 Å². The maximum atomic E-state index is 13.4. The third-order valence-corrected chi connectivity index (χ3v) is 6.43. The monoisotopic (exact) mass is 534 g/mol. The summed E-state index contributed by atoms with van der Waals surface area (Å²) in [6, 6.07) is 6.29. The molecule has 1 aliphatic rings. The molecule has 1 aromatic carbocycles. The second kappa shape index (κ2) is 10.2. The van der Waals surface area contributed by atoms with Gasteiger partial charge in [0.2, 0.25) is 0 Å². The van der Waals surface area contributed by atoms with Crippen molar-refractivity contribution in [2.75, 3.05) is 5.32 Å². The van der Waals surface area contributed by atoms with Crippen molar-refractivity contribution >= 4 is 45.7 Å². The number of pyridine rings is 1. The van der Waals surface area contributed by atoms with E-state index in [1.54, 1.807) is 6.07 Å². The van der Waals surface area contributed by atoms with Gasteiger partial charge in [0.25, 0.3) is 12.3 Å². The number of alkyl halides is 5. The Morgan fingerprint density at radius 3 is 2.60 bits per heavy atom. The second-order valence-corrected chi connectivity index (χ2v) is 9.31. The Morgan fingerprint density at radius 2 is 1.89 bits per heavy atom. The number of hydrogen-bond donors (Lipinski definition) is 2. The van der Waals surface area contributed by atoms with Crippen LogP contribution in [0.1, 0.15) is 41.7 Å². The lowest BCUT2D eigenvalue weighted by Crippen LogP contribution is -2.41. The molecule has 2 atom stereocenters. The maximum absolute atomic E-state index is 13.4. The van der Waals surface area contributed by atoms with E-state index < -0.39 is 30.7 Å². The Bertz CT molecular complexity index is 1230. The lowest BCUT2D eigenvalue weighted by atomic mass is 9.90. The van der Waals surface area contributed by atoms with Crippen molar-refractivity contribution < 1.29 is 26.7 Å². The molecule has 3 aromatic rings. The van der Waals surface area contributed by atoms with Gasteiger partial charge in [-0.05, 0) is 56.0 Å². The first-order valence-electron chi connectivity index (χ1n) is 10.9. The van der Waals surface area contributed by atoms with Crippen LogP contribution in [0.2, 0.25) is 10.2 Å². The molecule has 0 saturated heterocycles. The molecule has 5 nitrogen and oxygen atoms in total. The fourth-order valence-corrected chi connectivity index (χ4v) is 4.70. The summed E-state index contributed by atoms with van der Waals surface area (Å²) in [5.41, 5.74) is -0.425. The van der Waals surface area contributed by atoms with Crippen LogP contribution < -0.4 is 10.6 Å². The van der Waals surface area contributed by atoms with E-state index in [-0.39, 0.29) is 34.0 Å². The van der Waals surface area contributed by atoms with Crippen LogP contribution in [0.25, 0.3) is 10.9 Å². The summed E-state index contributed by atoms with van der Waals surface area (Å²) in [5.74, 6) is -0.453. The van der Waals surface area contributed by atoms with Crippen LogP contribution >= 0.6 is 23.2 Å². The molecule has 0 spiro atoms. The number of carbonyl (C=O) groups excluding carboxylic acids is 1. The van der Waals surface area contributed by atoms with Gasteiger partial charge in [-0.25, -0.2) is 13.8 Å². The first kappa shape index (κ1) is 25.5. The number of carbonyl (C=O) groups is 1. The van der Waals surface area contributed by atoms with Gasteiger partial charge in [0.05, 0.1) is 17.6 Å². The fourth-order valence-electron chi connectivity index (χ4n) is 4.29. The number of anilines is 1. The van der Waals surface area contributed by atoms with Crippen molar-refractivity contribution in [1.29, 1.82) is 0 Å². The highest BCUT2D eigenvalue weighted by Gasteiger charge is 2.34. The molecule has 188 valence electrons. The van der Waals surface area contributed by atoms with Crippen LogP contribution in [0.3, 0.4) is 0 Å². The molecular formula is C23H21Cl2F5N4O. The Labute approximate surface area is 207 Å². The van der Waals surface area contributed by atoms with Crippen LogP contribution in [0.4, 0.5) is 27.6 Å². The van der Waals surface area contributed by atoms with Crippen LogP contribution in [-0.4, -0.2) is 34.0 Å². The lowest BCUT2D eigenvalue weighted by molar-refractivity contribution is -0.140. The Hall–Kier alpha value is -2.59. The van der Waals surface area contributed by atoms with Gasteiger partial charge in [-0.2, -0.15) is 13.2 Å². The SMILES string of the molecule is O=C(N[C@@H]1CCC[C@H](Nc2cc(C(F)(F)F)nc3ccc(Cl)cc23)C1)c1cc(Cl)n(CC(F)F)c1. The van der Waals surface area contributed by atoms with E-state index in [4.69, 9.17) is 23.2 Å². The third-order valence-electron chi connectivity index (χ3n) is 5.87. The Kier molecular flexibility index (Phi) is 7.42. The van der Waals surface area contributed by atoms with Gasteiger partial charge in [-0.1, -0.05) is 23.2 Å². The minimum Gasteiger partial charge on any atom is -0.382 e. The zero-order valence-corrected chi connectivity index (χ0v) is 19.7. The van der Waals surface area contributed by atoms with Crippen molar-refractivity contribution in [2.45, 2.75) is 56.9 Å². The van der Waals surface area contributed by atoms with E-state index in [9.17, 15) is 26.7 Å². The zero-order valence-electron chi connectivity index (χ0n) is 18.2. The lowest BCUT2D eigenvalue weighted by Gasteiger charge is -2.31. The normalized spacial score (nSPS) is 18.7. The van der Waals surface area contributed by atoms with Gasteiger partial charge in [0.15, 0.2) is 0 Å². The third kappa shape index (κ3) is 6.16. The van der Waals surface area contributed by atoms with E-state index in [0.717, 1.165) is 17.1 Å². The summed E-state index contributed by atoms with van der Waals surface area (Å²) in [5, 5.41) is 6.92. The maximum Gasteiger partial charge on any atom is 0.433 e. The Morgan fingerprint density at radius 1 is 1.14 bits per heavy atom. The standard InChI is InChI=1S/C23H21Cl2F5N4O/c24-13-4-5-17-16(7-13)18(9-19(33-17)23(28,29)30)31-14-2-1-3-15(8-14)32-22(35)12-6-20(25)34(10-12)11-21(26)27/h4-7,9-10,14-15,21H,1-3,8,11H2,(H,31,33)(H,32,35)/t14-,15+/m0/s1. The van der Waals surface area contributed by atoms with Gasteiger partial charge in [-0.15, -0.1) is 0 Å². The topological polar surface area (TPSA) is 59.0 Å². The minimum absolute atomic E-state index is 0.0299. The molecule has 1 aliphatic carbocycles. The van der Waals surface area contributed by atoms with E-state index in [2.05, 4.69) is 15.6 Å². The average molecular weight is 535 g/mol. The predicted octanol–water partition coefficient (Wildman–Crippen LogP) is 6.78. The molecule has 0 aliphatic heterocycles. The summed E-state index contributed by atoms with van der Waals surface area (Å²) in [6.45, 7) is -0.620. The molecule has 0 bridgehead atoms. The van der Waals surface area contributed by atoms with Crippen molar-refractivity contribution in [3.05, 3.63) is 58.0 Å². The number of aromatic nitrogens is 2. The van der Waals surface area contributed by atoms with E-state index >= 15 is 0 Å². The first-order valence-corrected chi connectivity index (χ1v) is 11.6. The molecule has 4 rings (SSSR count).